The predicted octanol–water partition coefficient (Wildman–Crippen LogP) is 3.42. The lowest BCUT2D eigenvalue weighted by molar-refractivity contribution is 0.0325. The fraction of sp³-hybridized carbons (Fsp3) is 0.545. The summed E-state index contributed by atoms with van der Waals surface area (Å²) in [6.45, 7) is 11.1. The van der Waals surface area contributed by atoms with Crippen molar-refractivity contribution in [3.63, 3.8) is 0 Å². The SMILES string of the molecule is C=C(COCCOCCOC)c1ccc(C(C)=COCCOCCOC)cc1. The molecule has 0 aromatic heterocycles. The Balaban J connectivity index is 2.27. The van der Waals surface area contributed by atoms with Gasteiger partial charge in [0.2, 0.25) is 0 Å². The van der Waals surface area contributed by atoms with Gasteiger partial charge in [0.15, 0.2) is 0 Å². The summed E-state index contributed by atoms with van der Waals surface area (Å²) >= 11 is 0. The van der Waals surface area contributed by atoms with Gasteiger partial charge >= 0.3 is 0 Å². The first-order valence-electron chi connectivity index (χ1n) is 9.47. The Morgan fingerprint density at radius 3 is 1.86 bits per heavy atom. The molecule has 6 heteroatoms. The smallest absolute Gasteiger partial charge is 0.111 e. The lowest BCUT2D eigenvalue weighted by Crippen LogP contribution is -2.09. The van der Waals surface area contributed by atoms with E-state index in [4.69, 9.17) is 28.4 Å². The zero-order valence-corrected chi connectivity index (χ0v) is 17.4. The molecule has 1 aromatic carbocycles. The van der Waals surface area contributed by atoms with Crippen LogP contribution in [-0.4, -0.2) is 73.7 Å². The first kappa shape index (κ1) is 24.3. The Bertz CT molecular complexity index is 553. The van der Waals surface area contributed by atoms with Crippen molar-refractivity contribution in [2.45, 2.75) is 6.92 Å². The molecule has 6 nitrogen and oxygen atoms in total. The van der Waals surface area contributed by atoms with E-state index in [0.717, 1.165) is 22.3 Å². The summed E-state index contributed by atoms with van der Waals surface area (Å²) in [5.41, 5.74) is 4.15. The Morgan fingerprint density at radius 1 is 0.750 bits per heavy atom. The van der Waals surface area contributed by atoms with Gasteiger partial charge in [-0.15, -0.1) is 0 Å². The van der Waals surface area contributed by atoms with Gasteiger partial charge in [0.1, 0.15) is 6.61 Å². The molecule has 0 atom stereocenters. The maximum atomic E-state index is 5.59. The van der Waals surface area contributed by atoms with Crippen LogP contribution in [0.3, 0.4) is 0 Å². The highest BCUT2D eigenvalue weighted by molar-refractivity contribution is 5.68. The van der Waals surface area contributed by atoms with E-state index in [9.17, 15) is 0 Å². The van der Waals surface area contributed by atoms with Crippen LogP contribution in [0, 0.1) is 0 Å². The van der Waals surface area contributed by atoms with Crippen molar-refractivity contribution in [3.05, 3.63) is 48.2 Å². The van der Waals surface area contributed by atoms with E-state index >= 15 is 0 Å². The highest BCUT2D eigenvalue weighted by Crippen LogP contribution is 2.18. The van der Waals surface area contributed by atoms with E-state index in [2.05, 4.69) is 18.7 Å². The van der Waals surface area contributed by atoms with Crippen LogP contribution in [0.2, 0.25) is 0 Å². The molecular weight excluding hydrogens is 360 g/mol. The van der Waals surface area contributed by atoms with Crippen molar-refractivity contribution < 1.29 is 28.4 Å². The minimum atomic E-state index is 0.480. The van der Waals surface area contributed by atoms with Crippen molar-refractivity contribution in [3.8, 4) is 0 Å². The fourth-order valence-corrected chi connectivity index (χ4v) is 2.21. The second-order valence-electron chi connectivity index (χ2n) is 6.12. The summed E-state index contributed by atoms with van der Waals surface area (Å²) in [6.07, 6.45) is 1.76. The normalized spacial score (nSPS) is 11.6. The lowest BCUT2D eigenvalue weighted by Gasteiger charge is -2.10. The molecule has 0 saturated carbocycles. The van der Waals surface area contributed by atoms with Crippen molar-refractivity contribution in [1.29, 1.82) is 0 Å². The number of hydrogen-bond donors (Lipinski definition) is 0. The predicted molar refractivity (Wildman–Crippen MR) is 111 cm³/mol. The van der Waals surface area contributed by atoms with E-state index in [1.807, 2.05) is 19.1 Å². The first-order valence-corrected chi connectivity index (χ1v) is 9.47. The molecule has 1 aromatic rings. The molecule has 1 rings (SSSR count). The van der Waals surface area contributed by atoms with Crippen molar-refractivity contribution >= 4 is 11.1 Å². The number of benzene rings is 1. The molecule has 0 N–H and O–H groups in total. The summed E-state index contributed by atoms with van der Waals surface area (Å²) in [5, 5.41) is 0. The van der Waals surface area contributed by atoms with Gasteiger partial charge in [-0.25, -0.2) is 0 Å². The van der Waals surface area contributed by atoms with Gasteiger partial charge in [-0.05, 0) is 29.2 Å². The van der Waals surface area contributed by atoms with Crippen LogP contribution in [0.1, 0.15) is 18.1 Å². The van der Waals surface area contributed by atoms with Crippen LogP contribution in [0.25, 0.3) is 11.1 Å². The molecule has 0 aliphatic rings. The zero-order chi connectivity index (χ0) is 20.5. The van der Waals surface area contributed by atoms with E-state index in [0.29, 0.717) is 59.5 Å². The minimum Gasteiger partial charge on any atom is -0.498 e. The molecule has 0 aliphatic carbocycles. The summed E-state index contributed by atoms with van der Waals surface area (Å²) in [5.74, 6) is 0. The third-order valence-corrected chi connectivity index (χ3v) is 3.87. The first-order chi connectivity index (χ1) is 13.7. The van der Waals surface area contributed by atoms with E-state index in [1.165, 1.54) is 0 Å². The van der Waals surface area contributed by atoms with Crippen molar-refractivity contribution in [1.82, 2.24) is 0 Å². The number of allylic oxidation sites excluding steroid dienone is 1. The molecule has 0 unspecified atom stereocenters. The largest absolute Gasteiger partial charge is 0.498 e. The molecule has 0 radical (unpaired) electrons. The summed E-state index contributed by atoms with van der Waals surface area (Å²) in [7, 11) is 3.31. The number of methoxy groups -OCH3 is 2. The average molecular weight is 395 g/mol. The topological polar surface area (TPSA) is 55.4 Å². The van der Waals surface area contributed by atoms with Gasteiger partial charge in [0, 0.05) is 14.2 Å². The molecule has 0 aliphatic heterocycles. The molecule has 0 heterocycles. The van der Waals surface area contributed by atoms with Crippen LogP contribution in [0.15, 0.2) is 37.1 Å². The molecule has 0 amide bonds. The maximum absolute atomic E-state index is 5.59. The monoisotopic (exact) mass is 394 g/mol. The molecule has 0 bridgehead atoms. The highest BCUT2D eigenvalue weighted by Gasteiger charge is 2.02. The molecular formula is C22H34O6. The van der Waals surface area contributed by atoms with Crippen LogP contribution in [0.4, 0.5) is 0 Å². The Kier molecular flexibility index (Phi) is 14.1. The number of rotatable bonds is 17. The van der Waals surface area contributed by atoms with E-state index in [-0.39, 0.29) is 0 Å². The van der Waals surface area contributed by atoms with Crippen LogP contribution in [-0.2, 0) is 28.4 Å². The average Bonchev–Trinajstić information content (AvgIpc) is 2.72. The standard InChI is InChI=1S/C22H34O6/c1-19(17-27-15-13-25-11-9-23-3)21-5-7-22(8-6-21)20(2)18-28-16-14-26-12-10-24-4/h5-8,18H,1,9-17H2,2-4H3. The molecule has 0 fully saturated rings. The number of ether oxygens (including phenoxy) is 6. The highest BCUT2D eigenvalue weighted by atomic mass is 16.5. The quantitative estimate of drug-likeness (QED) is 0.298. The molecule has 0 spiro atoms. The molecule has 28 heavy (non-hydrogen) atoms. The zero-order valence-electron chi connectivity index (χ0n) is 17.4. The van der Waals surface area contributed by atoms with Crippen LogP contribution >= 0.6 is 0 Å². The summed E-state index contributed by atoms with van der Waals surface area (Å²) in [6, 6.07) is 8.19. The van der Waals surface area contributed by atoms with Gasteiger partial charge in [-0.3, -0.25) is 0 Å². The van der Waals surface area contributed by atoms with Gasteiger partial charge < -0.3 is 28.4 Å². The Morgan fingerprint density at radius 2 is 1.25 bits per heavy atom. The second-order valence-corrected chi connectivity index (χ2v) is 6.12. The fourth-order valence-electron chi connectivity index (χ4n) is 2.21. The summed E-state index contributed by atoms with van der Waals surface area (Å²) < 4.78 is 31.7. The maximum Gasteiger partial charge on any atom is 0.111 e. The van der Waals surface area contributed by atoms with Gasteiger partial charge in [-0.2, -0.15) is 0 Å². The third-order valence-electron chi connectivity index (χ3n) is 3.87. The second kappa shape index (κ2) is 16.3. The van der Waals surface area contributed by atoms with Gasteiger partial charge in [-0.1, -0.05) is 30.8 Å². The third kappa shape index (κ3) is 11.2. The molecule has 0 saturated heterocycles. The van der Waals surface area contributed by atoms with Crippen LogP contribution < -0.4 is 0 Å². The minimum absolute atomic E-state index is 0.480. The number of hydrogen-bond acceptors (Lipinski definition) is 6. The molecule has 158 valence electrons. The Labute approximate surface area is 169 Å². The van der Waals surface area contributed by atoms with E-state index in [1.54, 1.807) is 20.5 Å². The Hall–Kier alpha value is -1.70. The van der Waals surface area contributed by atoms with Crippen molar-refractivity contribution in [2.24, 2.45) is 0 Å². The van der Waals surface area contributed by atoms with Gasteiger partial charge in [0.05, 0.1) is 59.1 Å². The lowest BCUT2D eigenvalue weighted by atomic mass is 10.0. The van der Waals surface area contributed by atoms with E-state index < -0.39 is 0 Å². The van der Waals surface area contributed by atoms with Gasteiger partial charge in [0.25, 0.3) is 0 Å². The summed E-state index contributed by atoms with van der Waals surface area (Å²) in [4.78, 5) is 0. The van der Waals surface area contributed by atoms with Crippen LogP contribution in [0.5, 0.6) is 0 Å². The van der Waals surface area contributed by atoms with Crippen molar-refractivity contribution in [2.75, 3.05) is 73.7 Å².